The maximum absolute atomic E-state index is 12.2. The molecule has 1 heterocycles. The summed E-state index contributed by atoms with van der Waals surface area (Å²) in [6.45, 7) is 1.99. The summed E-state index contributed by atoms with van der Waals surface area (Å²) in [6, 6.07) is 12.2. The maximum atomic E-state index is 12.2. The highest BCUT2D eigenvalue weighted by atomic mass is 35.5. The summed E-state index contributed by atoms with van der Waals surface area (Å²) in [5.74, 6) is 0.260. The Morgan fingerprint density at radius 3 is 2.85 bits per heavy atom. The van der Waals surface area contributed by atoms with Crippen LogP contribution in [0.5, 0.6) is 5.75 Å². The van der Waals surface area contributed by atoms with Crippen LogP contribution in [0.4, 0.5) is 0 Å². The fourth-order valence-corrected chi connectivity index (χ4v) is 2.54. The first-order valence-electron chi connectivity index (χ1n) is 8.42. The summed E-state index contributed by atoms with van der Waals surface area (Å²) >= 11 is 5.96. The van der Waals surface area contributed by atoms with E-state index in [4.69, 9.17) is 21.1 Å². The Bertz CT molecular complexity index is 1020. The highest BCUT2D eigenvalue weighted by Gasteiger charge is 2.08. The number of benzene rings is 2. The molecule has 2 aromatic carbocycles. The van der Waals surface area contributed by atoms with E-state index in [0.29, 0.717) is 34.7 Å². The van der Waals surface area contributed by atoms with Gasteiger partial charge in [-0.2, -0.15) is 4.68 Å². The number of hydrogen-bond acceptors (Lipinski definition) is 6. The van der Waals surface area contributed by atoms with Crippen LogP contribution in [0, 0.1) is 6.92 Å². The fraction of sp³-hybridized carbons (Fsp3) is 0.263. The van der Waals surface area contributed by atoms with E-state index < -0.39 is 5.97 Å². The van der Waals surface area contributed by atoms with E-state index in [9.17, 15) is 9.59 Å². The third kappa shape index (κ3) is 4.83. The summed E-state index contributed by atoms with van der Waals surface area (Å²) in [7, 11) is 0. The number of aromatic nitrogens is 3. The zero-order valence-corrected chi connectivity index (χ0v) is 15.5. The molecule has 0 saturated carbocycles. The van der Waals surface area contributed by atoms with Gasteiger partial charge in [-0.3, -0.25) is 9.59 Å². The lowest BCUT2D eigenvalue weighted by Crippen LogP contribution is -2.26. The molecule has 0 aliphatic carbocycles. The monoisotopic (exact) mass is 387 g/mol. The van der Waals surface area contributed by atoms with Gasteiger partial charge in [0.25, 0.3) is 5.56 Å². The summed E-state index contributed by atoms with van der Waals surface area (Å²) in [5.41, 5.74) is 1.07. The van der Waals surface area contributed by atoms with Crippen LogP contribution in [-0.4, -0.2) is 27.6 Å². The molecular formula is C19H18ClN3O4. The Balaban J connectivity index is 1.45. The van der Waals surface area contributed by atoms with Gasteiger partial charge in [0.15, 0.2) is 6.73 Å². The normalized spacial score (nSPS) is 10.7. The average Bonchev–Trinajstić information content (AvgIpc) is 2.67. The van der Waals surface area contributed by atoms with Crippen molar-refractivity contribution in [3.05, 3.63) is 63.4 Å². The maximum Gasteiger partial charge on any atom is 0.307 e. The van der Waals surface area contributed by atoms with Gasteiger partial charge in [0.1, 0.15) is 11.3 Å². The minimum Gasteiger partial charge on any atom is -0.494 e. The molecule has 8 heteroatoms. The molecule has 140 valence electrons. The molecule has 0 bridgehead atoms. The molecule has 0 spiro atoms. The summed E-state index contributed by atoms with van der Waals surface area (Å²) in [5, 5.41) is 8.81. The first kappa shape index (κ1) is 18.8. The van der Waals surface area contributed by atoms with E-state index >= 15 is 0 Å². The van der Waals surface area contributed by atoms with Crippen LogP contribution >= 0.6 is 11.6 Å². The Hall–Kier alpha value is -2.93. The van der Waals surface area contributed by atoms with Crippen molar-refractivity contribution in [3.8, 4) is 5.75 Å². The molecule has 7 nitrogen and oxygen atoms in total. The molecular weight excluding hydrogens is 370 g/mol. The predicted molar refractivity (Wildman–Crippen MR) is 101 cm³/mol. The summed E-state index contributed by atoms with van der Waals surface area (Å²) < 4.78 is 11.7. The highest BCUT2D eigenvalue weighted by molar-refractivity contribution is 6.31. The van der Waals surface area contributed by atoms with Crippen molar-refractivity contribution < 1.29 is 14.3 Å². The van der Waals surface area contributed by atoms with E-state index in [-0.39, 0.29) is 18.7 Å². The lowest BCUT2D eigenvalue weighted by molar-refractivity contribution is -0.148. The zero-order chi connectivity index (χ0) is 19.2. The number of ether oxygens (including phenoxy) is 2. The van der Waals surface area contributed by atoms with Crippen molar-refractivity contribution in [3.63, 3.8) is 0 Å². The molecule has 0 aliphatic heterocycles. The van der Waals surface area contributed by atoms with Gasteiger partial charge in [-0.1, -0.05) is 28.9 Å². The van der Waals surface area contributed by atoms with Gasteiger partial charge in [-0.15, -0.1) is 5.10 Å². The van der Waals surface area contributed by atoms with Crippen molar-refractivity contribution in [1.82, 2.24) is 15.0 Å². The number of carbonyl (C=O) groups excluding carboxylic acids is 1. The second-order valence-corrected chi connectivity index (χ2v) is 6.33. The quantitative estimate of drug-likeness (QED) is 0.457. The molecule has 0 amide bonds. The van der Waals surface area contributed by atoms with Crippen LogP contribution in [0.3, 0.4) is 0 Å². The van der Waals surface area contributed by atoms with Gasteiger partial charge in [0.2, 0.25) is 0 Å². The van der Waals surface area contributed by atoms with Crippen molar-refractivity contribution in [1.29, 1.82) is 0 Å². The zero-order valence-electron chi connectivity index (χ0n) is 14.7. The van der Waals surface area contributed by atoms with E-state index in [1.54, 1.807) is 36.4 Å². The van der Waals surface area contributed by atoms with Crippen molar-refractivity contribution in [2.24, 2.45) is 0 Å². The molecule has 1 aromatic heterocycles. The minimum atomic E-state index is -0.437. The van der Waals surface area contributed by atoms with E-state index in [0.717, 1.165) is 10.2 Å². The van der Waals surface area contributed by atoms with Gasteiger partial charge in [0, 0.05) is 11.4 Å². The average molecular weight is 388 g/mol. The van der Waals surface area contributed by atoms with Crippen LogP contribution in [-0.2, 0) is 16.3 Å². The van der Waals surface area contributed by atoms with E-state index in [2.05, 4.69) is 10.3 Å². The Labute approximate surface area is 160 Å². The van der Waals surface area contributed by atoms with Gasteiger partial charge < -0.3 is 9.47 Å². The number of fused-ring (bicyclic) bond motifs is 1. The van der Waals surface area contributed by atoms with Crippen LogP contribution in [0.25, 0.3) is 10.9 Å². The third-order valence-electron chi connectivity index (χ3n) is 3.90. The van der Waals surface area contributed by atoms with E-state index in [1.807, 2.05) is 13.0 Å². The second kappa shape index (κ2) is 8.64. The van der Waals surface area contributed by atoms with Gasteiger partial charge in [-0.05, 0) is 49.2 Å². The van der Waals surface area contributed by atoms with Crippen LogP contribution in [0.1, 0.15) is 18.4 Å². The Kier molecular flexibility index (Phi) is 6.03. The molecule has 0 unspecified atom stereocenters. The number of aryl methyl sites for hydroxylation is 1. The number of rotatable bonds is 7. The summed E-state index contributed by atoms with van der Waals surface area (Å²) in [6.07, 6.45) is 0.654. The molecule has 3 aromatic rings. The number of halogens is 1. The largest absolute Gasteiger partial charge is 0.494 e. The lowest BCUT2D eigenvalue weighted by Gasteiger charge is -2.08. The Morgan fingerprint density at radius 1 is 1.22 bits per heavy atom. The predicted octanol–water partition coefficient (Wildman–Crippen LogP) is 3.11. The Morgan fingerprint density at radius 2 is 2.04 bits per heavy atom. The first-order valence-corrected chi connectivity index (χ1v) is 8.79. The third-order valence-corrected chi connectivity index (χ3v) is 4.32. The smallest absolute Gasteiger partial charge is 0.307 e. The highest BCUT2D eigenvalue weighted by Crippen LogP contribution is 2.21. The van der Waals surface area contributed by atoms with Gasteiger partial charge in [0.05, 0.1) is 12.0 Å². The number of esters is 1. The standard InChI is InChI=1S/C19H18ClN3O4/c1-13-11-14(8-9-16(13)20)26-10-4-7-18(24)27-12-23-19(25)15-5-2-3-6-17(15)21-22-23/h2-3,5-6,8-9,11H,4,7,10,12H2,1H3. The van der Waals surface area contributed by atoms with Crippen molar-refractivity contribution in [2.75, 3.05) is 6.61 Å². The first-order chi connectivity index (χ1) is 13.0. The van der Waals surface area contributed by atoms with Gasteiger partial charge in [-0.25, -0.2) is 0 Å². The SMILES string of the molecule is Cc1cc(OCCCC(=O)OCn2nnc3ccccc3c2=O)ccc1Cl. The molecule has 0 radical (unpaired) electrons. The number of hydrogen-bond donors (Lipinski definition) is 0. The minimum absolute atomic E-state index is 0.169. The molecule has 0 atom stereocenters. The van der Waals surface area contributed by atoms with E-state index in [1.165, 1.54) is 0 Å². The summed E-state index contributed by atoms with van der Waals surface area (Å²) in [4.78, 5) is 24.1. The van der Waals surface area contributed by atoms with Crippen LogP contribution < -0.4 is 10.3 Å². The van der Waals surface area contributed by atoms with Crippen LogP contribution in [0.2, 0.25) is 5.02 Å². The molecule has 0 fully saturated rings. The molecule has 0 aliphatic rings. The van der Waals surface area contributed by atoms with Crippen molar-refractivity contribution in [2.45, 2.75) is 26.5 Å². The second-order valence-electron chi connectivity index (χ2n) is 5.92. The number of carbonyl (C=O) groups is 1. The fourth-order valence-electron chi connectivity index (χ4n) is 2.43. The molecule has 0 N–H and O–H groups in total. The lowest BCUT2D eigenvalue weighted by atomic mass is 10.2. The molecule has 3 rings (SSSR count). The molecule has 27 heavy (non-hydrogen) atoms. The molecule has 0 saturated heterocycles. The van der Waals surface area contributed by atoms with Crippen LogP contribution in [0.15, 0.2) is 47.3 Å². The number of nitrogens with zero attached hydrogens (tertiary/aromatic N) is 3. The van der Waals surface area contributed by atoms with Gasteiger partial charge >= 0.3 is 5.97 Å². The van der Waals surface area contributed by atoms with Crippen molar-refractivity contribution >= 4 is 28.5 Å². The topological polar surface area (TPSA) is 83.3 Å².